The van der Waals surface area contributed by atoms with Crippen LogP contribution in [0.15, 0.2) is 18.2 Å². The molecule has 0 spiro atoms. The van der Waals surface area contributed by atoms with Gasteiger partial charge in [0.15, 0.2) is 0 Å². The van der Waals surface area contributed by atoms with E-state index in [0.717, 1.165) is 36.5 Å². The molecule has 1 atom stereocenters. The Bertz CT molecular complexity index is 632. The standard InChI is InChI=1S/C20H26NO2/c1-23-19-4-2-3-18-17(19)5-6-21(18,13-22)20-10-14-7-15(11-20)9-16(8-14)12-20/h2-4,13-16H,5-12H2,1H3/q+1. The maximum atomic E-state index is 12.5. The first kappa shape index (κ1) is 14.0. The van der Waals surface area contributed by atoms with Crippen LogP contribution in [0.3, 0.4) is 0 Å². The number of nitrogens with zero attached hydrogens (tertiary/aromatic N) is 1. The van der Waals surface area contributed by atoms with Crippen molar-refractivity contribution in [3.8, 4) is 5.75 Å². The Balaban J connectivity index is 1.66. The topological polar surface area (TPSA) is 26.3 Å². The third kappa shape index (κ3) is 1.67. The van der Waals surface area contributed by atoms with Gasteiger partial charge in [0, 0.05) is 31.7 Å². The summed E-state index contributed by atoms with van der Waals surface area (Å²) in [4.78, 5) is 12.5. The summed E-state index contributed by atoms with van der Waals surface area (Å²) in [6.45, 7) is 0.936. The first-order valence-corrected chi connectivity index (χ1v) is 9.20. The van der Waals surface area contributed by atoms with Crippen LogP contribution >= 0.6 is 0 Å². The number of benzene rings is 1. The minimum absolute atomic E-state index is 0.175. The molecule has 1 aromatic rings. The van der Waals surface area contributed by atoms with E-state index in [-0.39, 0.29) is 5.54 Å². The molecule has 1 amide bonds. The molecule has 3 heteroatoms. The molecule has 5 aliphatic rings. The molecule has 0 saturated heterocycles. The number of carbonyl (C=O) groups is 1. The van der Waals surface area contributed by atoms with Crippen molar-refractivity contribution in [2.75, 3.05) is 13.7 Å². The van der Waals surface area contributed by atoms with Crippen LogP contribution in [-0.2, 0) is 11.2 Å². The smallest absolute Gasteiger partial charge is 0.307 e. The van der Waals surface area contributed by atoms with Gasteiger partial charge in [-0.15, -0.1) is 0 Å². The zero-order valence-corrected chi connectivity index (χ0v) is 14.0. The quantitative estimate of drug-likeness (QED) is 0.628. The van der Waals surface area contributed by atoms with E-state index in [1.54, 1.807) is 7.11 Å². The molecule has 23 heavy (non-hydrogen) atoms. The number of amides is 1. The monoisotopic (exact) mass is 312 g/mol. The van der Waals surface area contributed by atoms with Crippen LogP contribution in [0, 0.1) is 17.8 Å². The third-order valence-corrected chi connectivity index (χ3v) is 7.50. The Kier molecular flexibility index (Phi) is 2.80. The Morgan fingerprint density at radius 1 is 1.13 bits per heavy atom. The SMILES string of the molecule is COc1cccc2c1CC[N+]2(C=O)C12CC3CC(CC(C3)C1)C2. The van der Waals surface area contributed by atoms with Crippen molar-refractivity contribution in [3.63, 3.8) is 0 Å². The van der Waals surface area contributed by atoms with E-state index in [1.807, 2.05) is 6.07 Å². The van der Waals surface area contributed by atoms with Crippen molar-refractivity contribution in [1.29, 1.82) is 0 Å². The highest BCUT2D eigenvalue weighted by molar-refractivity contribution is 5.78. The molecule has 0 radical (unpaired) electrons. The molecular weight excluding hydrogens is 286 g/mol. The maximum Gasteiger partial charge on any atom is 0.307 e. The maximum absolute atomic E-state index is 12.5. The van der Waals surface area contributed by atoms with Crippen LogP contribution in [-0.4, -0.2) is 25.6 Å². The molecule has 1 aliphatic heterocycles. The van der Waals surface area contributed by atoms with E-state index >= 15 is 0 Å². The Labute approximate surface area is 138 Å². The molecule has 6 rings (SSSR count). The average molecular weight is 312 g/mol. The summed E-state index contributed by atoms with van der Waals surface area (Å²) in [6.07, 6.45) is 10.3. The van der Waals surface area contributed by atoms with Gasteiger partial charge in [0.2, 0.25) is 0 Å². The number of methoxy groups -OCH3 is 1. The Morgan fingerprint density at radius 3 is 2.35 bits per heavy atom. The van der Waals surface area contributed by atoms with Gasteiger partial charge < -0.3 is 4.74 Å². The van der Waals surface area contributed by atoms with Gasteiger partial charge >= 0.3 is 6.41 Å². The molecule has 1 aromatic carbocycles. The van der Waals surface area contributed by atoms with Crippen LogP contribution in [0.4, 0.5) is 5.69 Å². The highest BCUT2D eigenvalue weighted by Gasteiger charge is 2.64. The molecule has 0 N–H and O–H groups in total. The molecule has 0 aromatic heterocycles. The lowest BCUT2D eigenvalue weighted by molar-refractivity contribution is -0.134. The summed E-state index contributed by atoms with van der Waals surface area (Å²) in [6, 6.07) is 6.31. The van der Waals surface area contributed by atoms with E-state index < -0.39 is 0 Å². The van der Waals surface area contributed by atoms with Crippen LogP contribution in [0.1, 0.15) is 44.1 Å². The first-order valence-electron chi connectivity index (χ1n) is 9.20. The average Bonchev–Trinajstić information content (AvgIpc) is 2.94. The van der Waals surface area contributed by atoms with Gasteiger partial charge in [-0.2, -0.15) is 0 Å². The van der Waals surface area contributed by atoms with Crippen LogP contribution in [0.2, 0.25) is 0 Å². The van der Waals surface area contributed by atoms with Crippen molar-refractivity contribution in [3.05, 3.63) is 23.8 Å². The minimum Gasteiger partial charge on any atom is -0.496 e. The molecule has 4 fully saturated rings. The number of hydrogen-bond acceptors (Lipinski definition) is 2. The van der Waals surface area contributed by atoms with Gasteiger partial charge in [0.1, 0.15) is 17.0 Å². The van der Waals surface area contributed by atoms with E-state index in [1.165, 1.54) is 56.2 Å². The molecule has 1 unspecified atom stereocenters. The third-order valence-electron chi connectivity index (χ3n) is 7.50. The number of hydrogen-bond donors (Lipinski definition) is 0. The van der Waals surface area contributed by atoms with Crippen molar-refractivity contribution >= 4 is 12.1 Å². The molecule has 122 valence electrons. The van der Waals surface area contributed by atoms with Crippen molar-refractivity contribution in [2.45, 2.75) is 50.5 Å². The summed E-state index contributed by atoms with van der Waals surface area (Å²) in [5.74, 6) is 3.57. The number of ether oxygens (including phenoxy) is 1. The summed E-state index contributed by atoms with van der Waals surface area (Å²) >= 11 is 0. The Morgan fingerprint density at radius 2 is 1.78 bits per heavy atom. The number of rotatable bonds is 3. The predicted molar refractivity (Wildman–Crippen MR) is 90.3 cm³/mol. The first-order chi connectivity index (χ1) is 11.2. The number of carbonyl (C=O) groups excluding carboxylic acids is 1. The van der Waals surface area contributed by atoms with E-state index in [2.05, 4.69) is 12.1 Å². The molecular formula is C20H26NO2+. The van der Waals surface area contributed by atoms with Crippen molar-refractivity contribution in [2.24, 2.45) is 17.8 Å². The van der Waals surface area contributed by atoms with Gasteiger partial charge in [0.25, 0.3) is 0 Å². The van der Waals surface area contributed by atoms with Crippen LogP contribution in [0.25, 0.3) is 0 Å². The zero-order valence-electron chi connectivity index (χ0n) is 14.0. The van der Waals surface area contributed by atoms with Gasteiger partial charge in [-0.1, -0.05) is 6.07 Å². The number of quaternary nitrogens is 1. The second-order valence-corrected chi connectivity index (χ2v) is 8.55. The molecule has 4 aliphatic carbocycles. The predicted octanol–water partition coefficient (Wildman–Crippen LogP) is 3.68. The van der Waals surface area contributed by atoms with Crippen molar-refractivity contribution < 1.29 is 9.53 Å². The second-order valence-electron chi connectivity index (χ2n) is 8.55. The fourth-order valence-corrected chi connectivity index (χ4v) is 7.05. The van der Waals surface area contributed by atoms with Crippen LogP contribution < -0.4 is 9.22 Å². The highest BCUT2D eigenvalue weighted by atomic mass is 16.5. The van der Waals surface area contributed by atoms with E-state index in [9.17, 15) is 4.79 Å². The highest BCUT2D eigenvalue weighted by Crippen LogP contribution is 2.61. The molecule has 1 heterocycles. The van der Waals surface area contributed by atoms with Gasteiger partial charge in [-0.25, -0.2) is 9.28 Å². The largest absolute Gasteiger partial charge is 0.496 e. The van der Waals surface area contributed by atoms with E-state index in [0.29, 0.717) is 4.48 Å². The van der Waals surface area contributed by atoms with Gasteiger partial charge in [-0.3, -0.25) is 0 Å². The van der Waals surface area contributed by atoms with Crippen molar-refractivity contribution in [1.82, 2.24) is 4.48 Å². The lowest BCUT2D eigenvalue weighted by Crippen LogP contribution is -2.70. The summed E-state index contributed by atoms with van der Waals surface area (Å²) < 4.78 is 6.17. The molecule has 3 nitrogen and oxygen atoms in total. The second kappa shape index (κ2) is 4.60. The minimum atomic E-state index is 0.175. The van der Waals surface area contributed by atoms with Crippen LogP contribution in [0.5, 0.6) is 5.75 Å². The Hall–Kier alpha value is -1.35. The molecule has 4 saturated carbocycles. The van der Waals surface area contributed by atoms with E-state index in [4.69, 9.17) is 4.74 Å². The number of fused-ring (bicyclic) bond motifs is 1. The molecule has 4 bridgehead atoms. The van der Waals surface area contributed by atoms with Gasteiger partial charge in [-0.05, 0) is 43.1 Å². The lowest BCUT2D eigenvalue weighted by atomic mass is 9.52. The summed E-state index contributed by atoms with van der Waals surface area (Å²) in [7, 11) is 1.74. The lowest BCUT2D eigenvalue weighted by Gasteiger charge is -2.60. The summed E-state index contributed by atoms with van der Waals surface area (Å²) in [5, 5.41) is 0. The normalized spacial score (nSPS) is 43.4. The summed E-state index contributed by atoms with van der Waals surface area (Å²) in [5.41, 5.74) is 2.69. The zero-order chi connectivity index (χ0) is 15.7. The van der Waals surface area contributed by atoms with Gasteiger partial charge in [0.05, 0.1) is 19.2 Å². The fourth-order valence-electron chi connectivity index (χ4n) is 7.05. The fraction of sp³-hybridized carbons (Fsp3) is 0.650.